The molecule has 1 saturated heterocycles. The van der Waals surface area contributed by atoms with Crippen molar-refractivity contribution >= 4 is 16.9 Å². The molecule has 1 aliphatic carbocycles. The first-order valence-electron chi connectivity index (χ1n) is 12.7. The highest BCUT2D eigenvalue weighted by atomic mass is 16.6. The fourth-order valence-electron chi connectivity index (χ4n) is 5.35. The molecule has 3 aromatic carbocycles. The third kappa shape index (κ3) is 5.44. The highest BCUT2D eigenvalue weighted by Gasteiger charge is 2.40. The SMILES string of the molecule is O=C(OCC(c1ccc(Oc2cccc3ccccc23)cc1)C1(O)CCCCC1)N1CCNCC1. The molecule has 0 bridgehead atoms. The molecule has 3 aromatic rings. The zero-order chi connectivity index (χ0) is 24.1. The summed E-state index contributed by atoms with van der Waals surface area (Å²) in [5.74, 6) is 1.27. The Balaban J connectivity index is 1.33. The Labute approximate surface area is 206 Å². The first-order chi connectivity index (χ1) is 17.1. The van der Waals surface area contributed by atoms with Gasteiger partial charge in [0.15, 0.2) is 0 Å². The molecule has 0 radical (unpaired) electrons. The highest BCUT2D eigenvalue weighted by Crippen LogP contribution is 2.41. The van der Waals surface area contributed by atoms with Crippen molar-refractivity contribution in [3.05, 3.63) is 72.3 Å². The van der Waals surface area contributed by atoms with Crippen molar-refractivity contribution in [3.63, 3.8) is 0 Å². The largest absolute Gasteiger partial charge is 0.457 e. The molecular weight excluding hydrogens is 440 g/mol. The molecule has 1 atom stereocenters. The minimum absolute atomic E-state index is 0.169. The number of amides is 1. The number of rotatable bonds is 6. The normalized spacial score (nSPS) is 18.7. The Morgan fingerprint density at radius 3 is 2.43 bits per heavy atom. The summed E-state index contributed by atoms with van der Waals surface area (Å²) in [5, 5.41) is 17.0. The van der Waals surface area contributed by atoms with Gasteiger partial charge in [-0.15, -0.1) is 0 Å². The number of benzene rings is 3. The fraction of sp³-hybridized carbons (Fsp3) is 0.414. The van der Waals surface area contributed by atoms with Crippen LogP contribution >= 0.6 is 0 Å². The third-order valence-electron chi connectivity index (χ3n) is 7.38. The number of nitrogens with zero attached hydrogens (tertiary/aromatic N) is 1. The van der Waals surface area contributed by atoms with E-state index in [4.69, 9.17) is 9.47 Å². The monoisotopic (exact) mass is 474 g/mol. The van der Waals surface area contributed by atoms with Crippen LogP contribution in [0.5, 0.6) is 11.5 Å². The molecule has 6 heteroatoms. The molecule has 0 aromatic heterocycles. The quantitative estimate of drug-likeness (QED) is 0.497. The molecule has 5 rings (SSSR count). The summed E-state index contributed by atoms with van der Waals surface area (Å²) in [5.41, 5.74) is 0.0905. The van der Waals surface area contributed by atoms with Crippen LogP contribution in [-0.2, 0) is 4.74 Å². The molecule has 1 aliphatic heterocycles. The summed E-state index contributed by atoms with van der Waals surface area (Å²) in [7, 11) is 0. The number of hydrogen-bond acceptors (Lipinski definition) is 5. The van der Waals surface area contributed by atoms with E-state index < -0.39 is 5.60 Å². The minimum atomic E-state index is -0.875. The molecule has 2 fully saturated rings. The maximum absolute atomic E-state index is 12.7. The van der Waals surface area contributed by atoms with Crippen molar-refractivity contribution in [2.24, 2.45) is 0 Å². The Kier molecular flexibility index (Phi) is 7.21. The van der Waals surface area contributed by atoms with E-state index >= 15 is 0 Å². The average molecular weight is 475 g/mol. The van der Waals surface area contributed by atoms with Gasteiger partial charge in [-0.25, -0.2) is 4.79 Å². The lowest BCUT2D eigenvalue weighted by Crippen LogP contribution is -2.47. The summed E-state index contributed by atoms with van der Waals surface area (Å²) in [6, 6.07) is 22.1. The van der Waals surface area contributed by atoms with Crippen molar-refractivity contribution in [1.82, 2.24) is 10.2 Å². The molecule has 2 aliphatic rings. The van der Waals surface area contributed by atoms with Crippen molar-refractivity contribution in [2.45, 2.75) is 43.6 Å². The Hall–Kier alpha value is -3.09. The fourth-order valence-corrected chi connectivity index (χ4v) is 5.35. The number of aliphatic hydroxyl groups is 1. The first kappa shape index (κ1) is 23.6. The summed E-state index contributed by atoms with van der Waals surface area (Å²) in [6.45, 7) is 3.02. The Morgan fingerprint density at radius 2 is 1.66 bits per heavy atom. The summed E-state index contributed by atoms with van der Waals surface area (Å²) >= 11 is 0. The van der Waals surface area contributed by atoms with Gasteiger partial charge in [0.2, 0.25) is 0 Å². The van der Waals surface area contributed by atoms with Crippen LogP contribution in [0.25, 0.3) is 10.8 Å². The first-order valence-corrected chi connectivity index (χ1v) is 12.7. The second kappa shape index (κ2) is 10.7. The zero-order valence-electron chi connectivity index (χ0n) is 20.1. The highest BCUT2D eigenvalue weighted by molar-refractivity contribution is 5.88. The van der Waals surface area contributed by atoms with Gasteiger partial charge >= 0.3 is 6.09 Å². The average Bonchev–Trinajstić information content (AvgIpc) is 2.90. The predicted octanol–water partition coefficient (Wildman–Crippen LogP) is 5.45. The lowest BCUT2D eigenvalue weighted by molar-refractivity contribution is -0.0409. The number of carbonyl (C=O) groups excluding carboxylic acids is 1. The van der Waals surface area contributed by atoms with Gasteiger partial charge in [0.1, 0.15) is 18.1 Å². The van der Waals surface area contributed by atoms with E-state index in [-0.39, 0.29) is 18.6 Å². The van der Waals surface area contributed by atoms with Gasteiger partial charge < -0.3 is 24.8 Å². The van der Waals surface area contributed by atoms with E-state index in [0.29, 0.717) is 13.1 Å². The van der Waals surface area contributed by atoms with Crippen LogP contribution in [0.4, 0.5) is 4.79 Å². The van der Waals surface area contributed by atoms with Crippen LogP contribution < -0.4 is 10.1 Å². The summed E-state index contributed by atoms with van der Waals surface area (Å²) < 4.78 is 12.0. The molecule has 1 unspecified atom stereocenters. The van der Waals surface area contributed by atoms with E-state index in [2.05, 4.69) is 23.5 Å². The second-order valence-corrected chi connectivity index (χ2v) is 9.68. The summed E-state index contributed by atoms with van der Waals surface area (Å²) in [4.78, 5) is 14.4. The van der Waals surface area contributed by atoms with Crippen LogP contribution in [-0.4, -0.2) is 54.5 Å². The van der Waals surface area contributed by atoms with Gasteiger partial charge in [-0.1, -0.05) is 67.8 Å². The van der Waals surface area contributed by atoms with Gasteiger partial charge in [-0.3, -0.25) is 0 Å². The molecule has 1 saturated carbocycles. The van der Waals surface area contributed by atoms with Crippen molar-refractivity contribution in [2.75, 3.05) is 32.8 Å². The van der Waals surface area contributed by atoms with Crippen LogP contribution in [0.1, 0.15) is 43.6 Å². The van der Waals surface area contributed by atoms with Crippen LogP contribution in [0, 0.1) is 0 Å². The molecule has 35 heavy (non-hydrogen) atoms. The van der Waals surface area contributed by atoms with Gasteiger partial charge in [0.05, 0.1) is 5.60 Å². The number of ether oxygens (including phenoxy) is 2. The molecule has 2 N–H and O–H groups in total. The van der Waals surface area contributed by atoms with Gasteiger partial charge in [-0.05, 0) is 42.0 Å². The van der Waals surface area contributed by atoms with E-state index in [0.717, 1.165) is 73.0 Å². The minimum Gasteiger partial charge on any atom is -0.457 e. The maximum Gasteiger partial charge on any atom is 0.409 e. The molecule has 0 spiro atoms. The molecular formula is C29H34N2O4. The van der Waals surface area contributed by atoms with Crippen LogP contribution in [0.15, 0.2) is 66.7 Å². The number of fused-ring (bicyclic) bond motifs is 1. The van der Waals surface area contributed by atoms with Crippen molar-refractivity contribution in [3.8, 4) is 11.5 Å². The number of hydrogen-bond donors (Lipinski definition) is 2. The molecule has 1 heterocycles. The number of nitrogens with one attached hydrogen (secondary N) is 1. The van der Waals surface area contributed by atoms with Gasteiger partial charge in [0, 0.05) is 37.5 Å². The smallest absolute Gasteiger partial charge is 0.409 e. The number of carbonyl (C=O) groups is 1. The van der Waals surface area contributed by atoms with Crippen LogP contribution in [0.3, 0.4) is 0 Å². The Bertz CT molecular complexity index is 1130. The van der Waals surface area contributed by atoms with E-state index in [1.54, 1.807) is 4.90 Å². The molecule has 184 valence electrons. The van der Waals surface area contributed by atoms with Gasteiger partial charge in [-0.2, -0.15) is 0 Å². The standard InChI is InChI=1S/C29H34N2O4/c32-28(31-19-17-30-18-20-31)34-21-26(29(33)15-4-1-5-16-29)23-11-13-24(14-12-23)35-27-10-6-8-22-7-2-3-9-25(22)27/h2-3,6-14,26,30,33H,1,4-5,15-21H2. The lowest BCUT2D eigenvalue weighted by Gasteiger charge is -2.39. The summed E-state index contributed by atoms with van der Waals surface area (Å²) in [6.07, 6.45) is 4.25. The molecule has 6 nitrogen and oxygen atoms in total. The third-order valence-corrected chi connectivity index (χ3v) is 7.38. The van der Waals surface area contributed by atoms with Crippen molar-refractivity contribution in [1.29, 1.82) is 0 Å². The number of piperazine rings is 1. The lowest BCUT2D eigenvalue weighted by atomic mass is 9.73. The van der Waals surface area contributed by atoms with E-state index in [9.17, 15) is 9.90 Å². The molecule has 1 amide bonds. The Morgan fingerprint density at radius 1 is 0.943 bits per heavy atom. The van der Waals surface area contributed by atoms with E-state index in [1.807, 2.05) is 48.5 Å². The zero-order valence-corrected chi connectivity index (χ0v) is 20.1. The van der Waals surface area contributed by atoms with Crippen LogP contribution in [0.2, 0.25) is 0 Å². The van der Waals surface area contributed by atoms with E-state index in [1.165, 1.54) is 0 Å². The topological polar surface area (TPSA) is 71.0 Å². The maximum atomic E-state index is 12.7. The predicted molar refractivity (Wildman–Crippen MR) is 137 cm³/mol. The van der Waals surface area contributed by atoms with Gasteiger partial charge in [0.25, 0.3) is 0 Å². The van der Waals surface area contributed by atoms with Crippen molar-refractivity contribution < 1.29 is 19.4 Å². The second-order valence-electron chi connectivity index (χ2n) is 9.68.